The molecule has 1 amide bonds. The summed E-state index contributed by atoms with van der Waals surface area (Å²) in [6.45, 7) is 4.33. The molecular formula is C25H27N7O2S. The molecule has 1 aliphatic heterocycles. The van der Waals surface area contributed by atoms with Crippen LogP contribution in [0, 0.1) is 6.92 Å². The minimum Gasteiger partial charge on any atom is -0.353 e. The Morgan fingerprint density at radius 1 is 1.14 bits per heavy atom. The van der Waals surface area contributed by atoms with Gasteiger partial charge in [0.2, 0.25) is 5.91 Å². The van der Waals surface area contributed by atoms with Gasteiger partial charge in [0, 0.05) is 54.3 Å². The van der Waals surface area contributed by atoms with Crippen LogP contribution in [-0.4, -0.2) is 61.8 Å². The monoisotopic (exact) mass is 489 g/mol. The Labute approximate surface area is 206 Å². The normalized spacial score (nSPS) is 16.9. The molecule has 0 radical (unpaired) electrons. The lowest BCUT2D eigenvalue weighted by Gasteiger charge is -2.33. The van der Waals surface area contributed by atoms with E-state index in [-0.39, 0.29) is 11.9 Å². The first-order valence-electron chi connectivity index (χ1n) is 11.4. The molecular weight excluding hydrogens is 462 g/mol. The highest BCUT2D eigenvalue weighted by atomic mass is 32.2. The third-order valence-corrected chi connectivity index (χ3v) is 7.04. The molecule has 0 bridgehead atoms. The molecule has 0 aliphatic carbocycles. The van der Waals surface area contributed by atoms with Crippen molar-refractivity contribution in [3.8, 4) is 5.69 Å². The molecule has 3 heterocycles. The summed E-state index contributed by atoms with van der Waals surface area (Å²) in [5, 5.41) is 11.8. The average molecular weight is 490 g/mol. The van der Waals surface area contributed by atoms with Crippen molar-refractivity contribution in [1.29, 1.82) is 0 Å². The van der Waals surface area contributed by atoms with E-state index in [2.05, 4.69) is 37.5 Å². The zero-order valence-electron chi connectivity index (χ0n) is 19.6. The molecule has 2 N–H and O–H groups in total. The van der Waals surface area contributed by atoms with E-state index in [0.717, 1.165) is 33.9 Å². The van der Waals surface area contributed by atoms with Crippen molar-refractivity contribution >= 4 is 33.6 Å². The number of benzene rings is 2. The van der Waals surface area contributed by atoms with Crippen LogP contribution in [-0.2, 0) is 22.1 Å². The van der Waals surface area contributed by atoms with Crippen LogP contribution in [0.2, 0.25) is 0 Å². The molecule has 0 spiro atoms. The van der Waals surface area contributed by atoms with Crippen LogP contribution in [0.25, 0.3) is 16.7 Å². The molecule has 2 atom stereocenters. The minimum absolute atomic E-state index is 0.0708. The molecule has 2 unspecified atom stereocenters. The lowest BCUT2D eigenvalue weighted by molar-refractivity contribution is -0.123. The van der Waals surface area contributed by atoms with Crippen molar-refractivity contribution in [2.45, 2.75) is 24.4 Å². The fraction of sp³-hybridized carbons (Fsp3) is 0.280. The number of carbonyl (C=O) groups is 1. The molecule has 10 heteroatoms. The van der Waals surface area contributed by atoms with Gasteiger partial charge in [-0.1, -0.05) is 29.8 Å². The summed E-state index contributed by atoms with van der Waals surface area (Å²) < 4.78 is 13.4. The molecule has 2 aromatic carbocycles. The molecule has 2 aromatic heterocycles. The first-order valence-corrected chi connectivity index (χ1v) is 13.0. The fourth-order valence-corrected chi connectivity index (χ4v) is 4.66. The maximum absolute atomic E-state index is 12.9. The SMILES string of the molecule is Cc1ccc(-n2cc3c(N4CCNC(C(=O)NCc5ccc(S(C)=O)cc5)C4)ncnc3n2)cc1. The van der Waals surface area contributed by atoms with Gasteiger partial charge in [0.1, 0.15) is 18.2 Å². The van der Waals surface area contributed by atoms with Crippen molar-refractivity contribution in [3.63, 3.8) is 0 Å². The average Bonchev–Trinajstić information content (AvgIpc) is 3.32. The lowest BCUT2D eigenvalue weighted by Crippen LogP contribution is -2.57. The van der Waals surface area contributed by atoms with Gasteiger partial charge in [0.05, 0.1) is 11.1 Å². The molecule has 35 heavy (non-hydrogen) atoms. The number of rotatable bonds is 6. The van der Waals surface area contributed by atoms with Crippen LogP contribution in [0.3, 0.4) is 0 Å². The van der Waals surface area contributed by atoms with Crippen molar-refractivity contribution in [2.75, 3.05) is 30.8 Å². The maximum atomic E-state index is 12.9. The number of nitrogens with one attached hydrogen (secondary N) is 2. The van der Waals surface area contributed by atoms with Crippen LogP contribution in [0.15, 0.2) is 66.0 Å². The van der Waals surface area contributed by atoms with Crippen molar-refractivity contribution < 1.29 is 9.00 Å². The number of anilines is 1. The van der Waals surface area contributed by atoms with Crippen LogP contribution >= 0.6 is 0 Å². The maximum Gasteiger partial charge on any atom is 0.239 e. The first-order chi connectivity index (χ1) is 17.0. The predicted octanol–water partition coefficient (Wildman–Crippen LogP) is 1.96. The van der Waals surface area contributed by atoms with E-state index in [0.29, 0.717) is 25.3 Å². The van der Waals surface area contributed by atoms with Gasteiger partial charge in [-0.2, -0.15) is 0 Å². The zero-order valence-corrected chi connectivity index (χ0v) is 20.5. The molecule has 0 saturated carbocycles. The molecule has 5 rings (SSSR count). The number of piperazine rings is 1. The lowest BCUT2D eigenvalue weighted by atomic mass is 10.1. The third-order valence-electron chi connectivity index (χ3n) is 6.11. The van der Waals surface area contributed by atoms with Crippen LogP contribution in [0.4, 0.5) is 5.82 Å². The Balaban J connectivity index is 1.29. The summed E-state index contributed by atoms with van der Waals surface area (Å²) in [6, 6.07) is 15.2. The number of hydrogen-bond donors (Lipinski definition) is 2. The number of nitrogens with zero attached hydrogens (tertiary/aromatic N) is 5. The largest absolute Gasteiger partial charge is 0.353 e. The van der Waals surface area contributed by atoms with Gasteiger partial charge in [-0.15, -0.1) is 5.10 Å². The molecule has 1 saturated heterocycles. The zero-order chi connectivity index (χ0) is 24.4. The molecule has 1 fully saturated rings. The molecule has 1 aliphatic rings. The van der Waals surface area contributed by atoms with E-state index in [9.17, 15) is 9.00 Å². The Bertz CT molecular complexity index is 1370. The Morgan fingerprint density at radius 2 is 1.91 bits per heavy atom. The molecule has 180 valence electrons. The highest BCUT2D eigenvalue weighted by Gasteiger charge is 2.27. The van der Waals surface area contributed by atoms with Gasteiger partial charge in [-0.25, -0.2) is 14.6 Å². The second-order valence-electron chi connectivity index (χ2n) is 8.61. The Kier molecular flexibility index (Phi) is 6.56. The van der Waals surface area contributed by atoms with E-state index < -0.39 is 10.8 Å². The summed E-state index contributed by atoms with van der Waals surface area (Å²) >= 11 is 0. The Hall–Kier alpha value is -3.63. The molecule has 4 aromatic rings. The van der Waals surface area contributed by atoms with Crippen molar-refractivity contribution in [3.05, 3.63) is 72.2 Å². The highest BCUT2D eigenvalue weighted by Crippen LogP contribution is 2.24. The second-order valence-corrected chi connectivity index (χ2v) is 9.99. The van der Waals surface area contributed by atoms with Crippen molar-refractivity contribution in [2.24, 2.45) is 0 Å². The summed E-state index contributed by atoms with van der Waals surface area (Å²) in [5.74, 6) is 0.703. The number of hydrogen-bond acceptors (Lipinski definition) is 7. The van der Waals surface area contributed by atoms with Gasteiger partial charge in [0.25, 0.3) is 0 Å². The summed E-state index contributed by atoms with van der Waals surface area (Å²) in [5.41, 5.74) is 3.72. The number of fused-ring (bicyclic) bond motifs is 1. The van der Waals surface area contributed by atoms with E-state index >= 15 is 0 Å². The van der Waals surface area contributed by atoms with E-state index in [1.54, 1.807) is 6.26 Å². The first kappa shape index (κ1) is 23.1. The van der Waals surface area contributed by atoms with E-state index in [1.165, 1.54) is 11.9 Å². The van der Waals surface area contributed by atoms with E-state index in [4.69, 9.17) is 0 Å². The van der Waals surface area contributed by atoms with Crippen LogP contribution < -0.4 is 15.5 Å². The van der Waals surface area contributed by atoms with Gasteiger partial charge >= 0.3 is 0 Å². The van der Waals surface area contributed by atoms with Crippen LogP contribution in [0.1, 0.15) is 11.1 Å². The number of aryl methyl sites for hydroxylation is 1. The summed E-state index contributed by atoms with van der Waals surface area (Å²) in [4.78, 5) is 24.7. The Morgan fingerprint density at radius 3 is 2.66 bits per heavy atom. The fourth-order valence-electron chi connectivity index (χ4n) is 4.14. The van der Waals surface area contributed by atoms with Gasteiger partial charge < -0.3 is 15.5 Å². The van der Waals surface area contributed by atoms with Crippen LogP contribution in [0.5, 0.6) is 0 Å². The third kappa shape index (κ3) is 5.08. The number of amides is 1. The van der Waals surface area contributed by atoms with Gasteiger partial charge in [-0.05, 0) is 36.8 Å². The van der Waals surface area contributed by atoms with Crippen molar-refractivity contribution in [1.82, 2.24) is 30.4 Å². The van der Waals surface area contributed by atoms with Gasteiger partial charge in [-0.3, -0.25) is 9.00 Å². The highest BCUT2D eigenvalue weighted by molar-refractivity contribution is 7.84. The van der Waals surface area contributed by atoms with E-state index in [1.807, 2.05) is 59.4 Å². The summed E-state index contributed by atoms with van der Waals surface area (Å²) in [6.07, 6.45) is 5.11. The smallest absolute Gasteiger partial charge is 0.239 e. The number of carbonyl (C=O) groups excluding carboxylic acids is 1. The molecule has 9 nitrogen and oxygen atoms in total. The predicted molar refractivity (Wildman–Crippen MR) is 136 cm³/mol. The van der Waals surface area contributed by atoms with Gasteiger partial charge in [0.15, 0.2) is 5.65 Å². The quantitative estimate of drug-likeness (QED) is 0.427. The second kappa shape index (κ2) is 9.93. The minimum atomic E-state index is -1.02. The number of aromatic nitrogens is 4. The topological polar surface area (TPSA) is 105 Å². The standard InChI is InChI=1S/C25H27N7O2S/c1-17-3-7-19(8-4-17)32-14-21-23(30-32)28-16-29-24(21)31-12-11-26-22(15-31)25(33)27-13-18-5-9-20(10-6-18)35(2)34/h3-10,14,16,22,26H,11-13,15H2,1-2H3,(H,27,33). The summed E-state index contributed by atoms with van der Waals surface area (Å²) in [7, 11) is -1.02.